The molecule has 1 atom stereocenters. The van der Waals surface area contributed by atoms with Crippen LogP contribution >= 0.6 is 35.3 Å². The van der Waals surface area contributed by atoms with Crippen LogP contribution in [0.3, 0.4) is 0 Å². The lowest BCUT2D eigenvalue weighted by molar-refractivity contribution is -0.144. The fraction of sp³-hybridized carbons (Fsp3) is 0.714. The van der Waals surface area contributed by atoms with E-state index < -0.39 is 24.6 Å². The van der Waals surface area contributed by atoms with Gasteiger partial charge in [0.25, 0.3) is 0 Å². The predicted molar refractivity (Wildman–Crippen MR) is 101 cm³/mol. The second-order valence-electron chi connectivity index (χ2n) is 5.94. The number of thiazole rings is 1. The van der Waals surface area contributed by atoms with E-state index in [0.717, 1.165) is 16.7 Å². The number of nitrogens with one attached hydrogen (secondary N) is 2. The molecule has 27 heavy (non-hydrogen) atoms. The Morgan fingerprint density at radius 3 is 2.56 bits per heavy atom. The molecule has 1 aliphatic rings. The van der Waals surface area contributed by atoms with E-state index >= 15 is 0 Å². The fourth-order valence-corrected chi connectivity index (χ4v) is 3.36. The monoisotopic (exact) mass is 531 g/mol. The van der Waals surface area contributed by atoms with Crippen molar-refractivity contribution in [1.29, 1.82) is 0 Å². The fourth-order valence-electron chi connectivity index (χ4n) is 2.62. The molecular formula is C14H20F6IN5S. The van der Waals surface area contributed by atoms with Gasteiger partial charge in [0.05, 0.1) is 13.1 Å². The molecule has 1 unspecified atom stereocenters. The minimum absolute atomic E-state index is 0. The van der Waals surface area contributed by atoms with Crippen molar-refractivity contribution in [3.05, 3.63) is 16.1 Å². The highest BCUT2D eigenvalue weighted by Gasteiger charge is 2.35. The minimum Gasteiger partial charge on any atom is -0.356 e. The number of alkyl halides is 6. The number of aromatic nitrogens is 1. The number of rotatable bonds is 5. The quantitative estimate of drug-likeness (QED) is 0.265. The van der Waals surface area contributed by atoms with Crippen molar-refractivity contribution in [3.63, 3.8) is 0 Å². The third-order valence-corrected chi connectivity index (χ3v) is 4.65. The highest BCUT2D eigenvalue weighted by atomic mass is 127. The normalized spacial score (nSPS) is 19.1. The van der Waals surface area contributed by atoms with Crippen molar-refractivity contribution in [1.82, 2.24) is 20.5 Å². The van der Waals surface area contributed by atoms with E-state index in [4.69, 9.17) is 0 Å². The highest BCUT2D eigenvalue weighted by molar-refractivity contribution is 14.0. The summed E-state index contributed by atoms with van der Waals surface area (Å²) in [7, 11) is 1.50. The van der Waals surface area contributed by atoms with E-state index in [2.05, 4.69) is 20.6 Å². The lowest BCUT2D eigenvalue weighted by Crippen LogP contribution is -2.40. The average molecular weight is 531 g/mol. The maximum atomic E-state index is 12.5. The van der Waals surface area contributed by atoms with Crippen molar-refractivity contribution in [3.8, 4) is 0 Å². The molecule has 156 valence electrons. The standard InChI is InChI=1S/C14H19F6N5S.HI/c1-21-12(23-5-11-24-10(7-26-11)14(18,19)20)22-4-9-2-3-25(6-9)8-13(15,16)17;/h7,9H,2-6,8H2,1H3,(H2,21,22,23);1H. The second-order valence-corrected chi connectivity index (χ2v) is 6.88. The zero-order valence-corrected chi connectivity index (χ0v) is 17.5. The Hall–Kier alpha value is -0.830. The summed E-state index contributed by atoms with van der Waals surface area (Å²) >= 11 is 0.888. The van der Waals surface area contributed by atoms with Crippen LogP contribution in [0.1, 0.15) is 17.1 Å². The molecule has 1 aromatic rings. The van der Waals surface area contributed by atoms with Crippen molar-refractivity contribution in [2.75, 3.05) is 33.2 Å². The molecule has 5 nitrogen and oxygen atoms in total. The zero-order chi connectivity index (χ0) is 19.4. The molecule has 2 heterocycles. The smallest absolute Gasteiger partial charge is 0.356 e. The van der Waals surface area contributed by atoms with Gasteiger partial charge in [-0.25, -0.2) is 4.98 Å². The van der Waals surface area contributed by atoms with Crippen LogP contribution in [0.25, 0.3) is 0 Å². The van der Waals surface area contributed by atoms with Gasteiger partial charge in [0.2, 0.25) is 0 Å². The van der Waals surface area contributed by atoms with Crippen LogP contribution in [0.2, 0.25) is 0 Å². The van der Waals surface area contributed by atoms with E-state index in [1.165, 1.54) is 11.9 Å². The molecule has 13 heteroatoms. The summed E-state index contributed by atoms with van der Waals surface area (Å²) in [6, 6.07) is 0. The Morgan fingerprint density at radius 1 is 1.30 bits per heavy atom. The Balaban J connectivity index is 0.00000364. The van der Waals surface area contributed by atoms with E-state index in [9.17, 15) is 26.3 Å². The molecule has 0 aliphatic carbocycles. The van der Waals surface area contributed by atoms with Crippen LogP contribution in [-0.2, 0) is 12.7 Å². The minimum atomic E-state index is -4.47. The Kier molecular flexibility index (Phi) is 9.05. The van der Waals surface area contributed by atoms with E-state index in [-0.39, 0.29) is 41.4 Å². The Morgan fingerprint density at radius 2 is 2.00 bits per heavy atom. The van der Waals surface area contributed by atoms with Gasteiger partial charge in [0, 0.05) is 25.5 Å². The Labute approximate surface area is 173 Å². The molecule has 2 N–H and O–H groups in total. The first-order valence-electron chi connectivity index (χ1n) is 7.82. The van der Waals surface area contributed by atoms with Crippen molar-refractivity contribution in [2.24, 2.45) is 10.9 Å². The SMILES string of the molecule is CN=C(NCc1nc(C(F)(F)F)cs1)NCC1CCN(CC(F)(F)F)C1.I. The Bertz CT molecular complexity index is 618. The summed E-state index contributed by atoms with van der Waals surface area (Å²) in [6.07, 6.45) is -8.04. The van der Waals surface area contributed by atoms with Gasteiger partial charge in [-0.05, 0) is 18.9 Å². The first-order chi connectivity index (χ1) is 12.1. The zero-order valence-electron chi connectivity index (χ0n) is 14.3. The van der Waals surface area contributed by atoms with Crippen molar-refractivity contribution >= 4 is 41.3 Å². The molecule has 1 aromatic heterocycles. The number of guanidine groups is 1. The molecule has 0 saturated carbocycles. The summed E-state index contributed by atoms with van der Waals surface area (Å²) in [6.45, 7) is 0.315. The topological polar surface area (TPSA) is 52.6 Å². The molecule has 0 amide bonds. The first kappa shape index (κ1) is 24.2. The maximum absolute atomic E-state index is 12.5. The van der Waals surface area contributed by atoms with Crippen LogP contribution in [0.5, 0.6) is 0 Å². The van der Waals surface area contributed by atoms with Crippen LogP contribution in [0, 0.1) is 5.92 Å². The lowest BCUT2D eigenvalue weighted by Gasteiger charge is -2.18. The number of aliphatic imine (C=N–C) groups is 1. The van der Waals surface area contributed by atoms with Crippen LogP contribution in [-0.4, -0.2) is 55.2 Å². The van der Waals surface area contributed by atoms with Crippen molar-refractivity contribution < 1.29 is 26.3 Å². The summed E-state index contributed by atoms with van der Waals surface area (Å²) in [5.41, 5.74) is -0.932. The summed E-state index contributed by atoms with van der Waals surface area (Å²) in [5, 5.41) is 7.04. The third kappa shape index (κ3) is 8.37. The van der Waals surface area contributed by atoms with Gasteiger partial charge >= 0.3 is 12.4 Å². The van der Waals surface area contributed by atoms with Gasteiger partial charge in [-0.15, -0.1) is 35.3 Å². The molecule has 0 bridgehead atoms. The summed E-state index contributed by atoms with van der Waals surface area (Å²) < 4.78 is 74.7. The molecule has 0 radical (unpaired) electrons. The van der Waals surface area contributed by atoms with Crippen LogP contribution < -0.4 is 10.6 Å². The first-order valence-corrected chi connectivity index (χ1v) is 8.70. The van der Waals surface area contributed by atoms with Gasteiger partial charge in [-0.3, -0.25) is 9.89 Å². The van der Waals surface area contributed by atoms with E-state index in [1.54, 1.807) is 0 Å². The van der Waals surface area contributed by atoms with E-state index in [0.29, 0.717) is 32.0 Å². The van der Waals surface area contributed by atoms with Gasteiger partial charge < -0.3 is 10.6 Å². The molecule has 0 spiro atoms. The van der Waals surface area contributed by atoms with Crippen molar-refractivity contribution in [2.45, 2.75) is 25.3 Å². The molecule has 1 saturated heterocycles. The largest absolute Gasteiger partial charge is 0.434 e. The van der Waals surface area contributed by atoms with Gasteiger partial charge in [-0.2, -0.15) is 26.3 Å². The molecular weight excluding hydrogens is 511 g/mol. The van der Waals surface area contributed by atoms with Gasteiger partial charge in [0.1, 0.15) is 5.01 Å². The molecule has 1 fully saturated rings. The summed E-state index contributed by atoms with van der Waals surface area (Å²) in [4.78, 5) is 8.82. The van der Waals surface area contributed by atoms with Gasteiger partial charge in [-0.1, -0.05) is 0 Å². The lowest BCUT2D eigenvalue weighted by atomic mass is 10.1. The predicted octanol–water partition coefficient (Wildman–Crippen LogP) is 3.33. The number of nitrogens with zero attached hydrogens (tertiary/aromatic N) is 3. The maximum Gasteiger partial charge on any atom is 0.434 e. The third-order valence-electron chi connectivity index (χ3n) is 3.80. The average Bonchev–Trinajstić information content (AvgIpc) is 3.14. The number of likely N-dealkylation sites (tertiary alicyclic amines) is 1. The van der Waals surface area contributed by atoms with Crippen LogP contribution in [0.15, 0.2) is 10.4 Å². The molecule has 2 rings (SSSR count). The van der Waals surface area contributed by atoms with Gasteiger partial charge in [0.15, 0.2) is 11.7 Å². The second kappa shape index (κ2) is 10.1. The number of hydrogen-bond acceptors (Lipinski definition) is 4. The number of halogens is 7. The number of hydrogen-bond donors (Lipinski definition) is 2. The van der Waals surface area contributed by atoms with Crippen LogP contribution in [0.4, 0.5) is 26.3 Å². The van der Waals surface area contributed by atoms with E-state index in [1.807, 2.05) is 0 Å². The highest BCUT2D eigenvalue weighted by Crippen LogP contribution is 2.29. The summed E-state index contributed by atoms with van der Waals surface area (Å²) in [5.74, 6) is 0.413. The molecule has 0 aromatic carbocycles. The molecule has 1 aliphatic heterocycles.